The summed E-state index contributed by atoms with van der Waals surface area (Å²) in [5, 5.41) is 22.3. The van der Waals surface area contributed by atoms with Crippen molar-refractivity contribution >= 4 is 17.4 Å². The Morgan fingerprint density at radius 3 is 2.84 bits per heavy atom. The van der Waals surface area contributed by atoms with Gasteiger partial charge < -0.3 is 15.3 Å². The first-order valence-corrected chi connectivity index (χ1v) is 5.85. The van der Waals surface area contributed by atoms with Crippen LogP contribution in [-0.4, -0.2) is 40.7 Å². The summed E-state index contributed by atoms with van der Waals surface area (Å²) in [6, 6.07) is 5.35. The number of nitro benzene ring substituents is 1. The highest BCUT2D eigenvalue weighted by Crippen LogP contribution is 2.17. The van der Waals surface area contributed by atoms with E-state index in [0.29, 0.717) is 18.7 Å². The highest BCUT2D eigenvalue weighted by Gasteiger charge is 2.11. The second kappa shape index (κ2) is 6.69. The van der Waals surface area contributed by atoms with Crippen LogP contribution in [0.5, 0.6) is 0 Å². The van der Waals surface area contributed by atoms with E-state index < -0.39 is 11.0 Å². The second-order valence-electron chi connectivity index (χ2n) is 4.30. The number of amides is 2. The van der Waals surface area contributed by atoms with Gasteiger partial charge in [-0.2, -0.15) is 0 Å². The summed E-state index contributed by atoms with van der Waals surface area (Å²) < 4.78 is 0. The number of aliphatic hydroxyl groups is 1. The van der Waals surface area contributed by atoms with Crippen LogP contribution in [0.3, 0.4) is 0 Å². The maximum atomic E-state index is 11.8. The molecule has 1 rings (SSSR count). The average Bonchev–Trinajstić information content (AvgIpc) is 2.36. The molecule has 1 aromatic carbocycles. The fourth-order valence-corrected chi connectivity index (χ4v) is 1.40. The number of aliphatic hydroxyl groups excluding tert-OH is 1. The number of benzene rings is 1. The molecule has 0 aromatic heterocycles. The van der Waals surface area contributed by atoms with Gasteiger partial charge in [0.15, 0.2) is 0 Å². The lowest BCUT2D eigenvalue weighted by atomic mass is 10.2. The Morgan fingerprint density at radius 1 is 1.58 bits per heavy atom. The first-order chi connectivity index (χ1) is 8.90. The Kier molecular flexibility index (Phi) is 5.25. The molecular weight excluding hydrogens is 250 g/mol. The van der Waals surface area contributed by atoms with Crippen molar-refractivity contribution in [1.82, 2.24) is 4.90 Å². The third kappa shape index (κ3) is 4.92. The van der Waals surface area contributed by atoms with Crippen molar-refractivity contribution < 1.29 is 14.8 Å². The molecule has 0 aliphatic carbocycles. The predicted molar refractivity (Wildman–Crippen MR) is 71.0 cm³/mol. The Bertz CT molecular complexity index is 462. The van der Waals surface area contributed by atoms with Crippen LogP contribution in [0.2, 0.25) is 0 Å². The first-order valence-electron chi connectivity index (χ1n) is 5.85. The maximum Gasteiger partial charge on any atom is 0.321 e. The summed E-state index contributed by atoms with van der Waals surface area (Å²) in [4.78, 5) is 23.3. The highest BCUT2D eigenvalue weighted by atomic mass is 16.6. The molecule has 2 N–H and O–H groups in total. The van der Waals surface area contributed by atoms with E-state index in [1.54, 1.807) is 20.0 Å². The molecule has 1 atom stereocenters. The molecule has 0 aliphatic rings. The number of carbonyl (C=O) groups is 1. The van der Waals surface area contributed by atoms with Crippen LogP contribution in [0.4, 0.5) is 16.2 Å². The van der Waals surface area contributed by atoms with E-state index in [1.807, 2.05) is 0 Å². The van der Waals surface area contributed by atoms with Gasteiger partial charge in [-0.25, -0.2) is 4.79 Å². The summed E-state index contributed by atoms with van der Waals surface area (Å²) >= 11 is 0. The lowest BCUT2D eigenvalue weighted by Crippen LogP contribution is -2.33. The molecular formula is C12H17N3O4. The molecule has 19 heavy (non-hydrogen) atoms. The summed E-state index contributed by atoms with van der Waals surface area (Å²) in [7, 11) is 1.59. The van der Waals surface area contributed by atoms with Crippen LogP contribution in [0, 0.1) is 10.1 Å². The minimum absolute atomic E-state index is 0.0792. The molecule has 7 heteroatoms. The van der Waals surface area contributed by atoms with Gasteiger partial charge in [-0.1, -0.05) is 6.07 Å². The zero-order valence-corrected chi connectivity index (χ0v) is 10.9. The Morgan fingerprint density at radius 2 is 2.26 bits per heavy atom. The summed E-state index contributed by atoms with van der Waals surface area (Å²) in [5.74, 6) is 0. The van der Waals surface area contributed by atoms with Gasteiger partial charge in [0.1, 0.15) is 0 Å². The lowest BCUT2D eigenvalue weighted by molar-refractivity contribution is -0.384. The number of hydrogen-bond donors (Lipinski definition) is 2. The van der Waals surface area contributed by atoms with E-state index >= 15 is 0 Å². The van der Waals surface area contributed by atoms with Crippen molar-refractivity contribution in [1.29, 1.82) is 0 Å². The number of rotatable bonds is 5. The highest BCUT2D eigenvalue weighted by molar-refractivity contribution is 5.89. The summed E-state index contributed by atoms with van der Waals surface area (Å²) in [6.07, 6.45) is -0.00756. The third-order valence-corrected chi connectivity index (χ3v) is 2.54. The van der Waals surface area contributed by atoms with Crippen molar-refractivity contribution in [2.24, 2.45) is 0 Å². The Balaban J connectivity index is 2.61. The standard InChI is InChI=1S/C12H17N3O4/c1-9(16)6-7-14(2)12(17)13-10-4-3-5-11(8-10)15(18)19/h3-5,8-9,16H,6-7H2,1-2H3,(H,13,17). The molecule has 7 nitrogen and oxygen atoms in total. The van der Waals surface area contributed by atoms with Crippen molar-refractivity contribution in [3.63, 3.8) is 0 Å². The van der Waals surface area contributed by atoms with Gasteiger partial charge in [0.05, 0.1) is 11.0 Å². The van der Waals surface area contributed by atoms with Crippen LogP contribution in [0.25, 0.3) is 0 Å². The molecule has 0 heterocycles. The quantitative estimate of drug-likeness (QED) is 0.628. The SMILES string of the molecule is CC(O)CCN(C)C(=O)Nc1cccc([N+](=O)[O-])c1. The van der Waals surface area contributed by atoms with E-state index in [9.17, 15) is 14.9 Å². The minimum atomic E-state index is -0.521. The van der Waals surface area contributed by atoms with Gasteiger partial charge >= 0.3 is 6.03 Å². The van der Waals surface area contributed by atoms with Crippen molar-refractivity contribution in [2.75, 3.05) is 18.9 Å². The number of nitrogens with zero attached hydrogens (tertiary/aromatic N) is 2. The molecule has 0 fully saturated rings. The van der Waals surface area contributed by atoms with Crippen LogP contribution in [0.15, 0.2) is 24.3 Å². The van der Waals surface area contributed by atoms with Gasteiger partial charge in [-0.3, -0.25) is 10.1 Å². The van der Waals surface area contributed by atoms with Crippen molar-refractivity contribution in [2.45, 2.75) is 19.4 Å². The first kappa shape index (κ1) is 14.9. The maximum absolute atomic E-state index is 11.8. The summed E-state index contributed by atoms with van der Waals surface area (Å²) in [5.41, 5.74) is 0.285. The molecule has 0 radical (unpaired) electrons. The molecule has 0 spiro atoms. The minimum Gasteiger partial charge on any atom is -0.393 e. The number of non-ortho nitro benzene ring substituents is 1. The molecule has 104 valence electrons. The number of anilines is 1. The van der Waals surface area contributed by atoms with Gasteiger partial charge in [0.25, 0.3) is 5.69 Å². The van der Waals surface area contributed by atoms with Crippen LogP contribution in [-0.2, 0) is 0 Å². The fourth-order valence-electron chi connectivity index (χ4n) is 1.40. The molecule has 0 saturated heterocycles. The molecule has 0 saturated carbocycles. The van der Waals surface area contributed by atoms with Gasteiger partial charge in [-0.15, -0.1) is 0 Å². The topological polar surface area (TPSA) is 95.7 Å². The largest absolute Gasteiger partial charge is 0.393 e. The molecule has 0 bridgehead atoms. The van der Waals surface area contributed by atoms with E-state index in [-0.39, 0.29) is 11.7 Å². The van der Waals surface area contributed by atoms with Crippen LogP contribution >= 0.6 is 0 Å². The van der Waals surface area contributed by atoms with Gasteiger partial charge in [0.2, 0.25) is 0 Å². The third-order valence-electron chi connectivity index (χ3n) is 2.54. The number of carbonyl (C=O) groups excluding carboxylic acids is 1. The number of urea groups is 1. The monoisotopic (exact) mass is 267 g/mol. The van der Waals surface area contributed by atoms with E-state index in [2.05, 4.69) is 5.32 Å². The zero-order chi connectivity index (χ0) is 14.4. The van der Waals surface area contributed by atoms with Gasteiger partial charge in [-0.05, 0) is 19.4 Å². The second-order valence-corrected chi connectivity index (χ2v) is 4.30. The molecule has 2 amide bonds. The molecule has 1 aromatic rings. The predicted octanol–water partition coefficient (Wildman–Crippen LogP) is 1.83. The number of nitrogens with one attached hydrogen (secondary N) is 1. The smallest absolute Gasteiger partial charge is 0.321 e. The number of nitro groups is 1. The van der Waals surface area contributed by atoms with E-state index in [4.69, 9.17) is 5.11 Å². The Hall–Kier alpha value is -2.15. The average molecular weight is 267 g/mol. The molecule has 1 unspecified atom stereocenters. The van der Waals surface area contributed by atoms with E-state index in [1.165, 1.54) is 23.1 Å². The Labute approximate surface area is 111 Å². The fraction of sp³-hybridized carbons (Fsp3) is 0.417. The lowest BCUT2D eigenvalue weighted by Gasteiger charge is -2.18. The molecule has 0 aliphatic heterocycles. The summed E-state index contributed by atoms with van der Waals surface area (Å²) in [6.45, 7) is 2.05. The number of hydrogen-bond acceptors (Lipinski definition) is 4. The van der Waals surface area contributed by atoms with Gasteiger partial charge in [0, 0.05) is 31.4 Å². The zero-order valence-electron chi connectivity index (χ0n) is 10.9. The van der Waals surface area contributed by atoms with E-state index in [0.717, 1.165) is 0 Å². The van der Waals surface area contributed by atoms with Crippen LogP contribution in [0.1, 0.15) is 13.3 Å². The van der Waals surface area contributed by atoms with Crippen molar-refractivity contribution in [3.8, 4) is 0 Å². The normalized spacial score (nSPS) is 11.7. The van der Waals surface area contributed by atoms with Crippen molar-refractivity contribution in [3.05, 3.63) is 34.4 Å². The van der Waals surface area contributed by atoms with Crippen LogP contribution < -0.4 is 5.32 Å².